The van der Waals surface area contributed by atoms with Crippen molar-refractivity contribution in [1.82, 2.24) is 15.5 Å². The maximum Gasteiger partial charge on any atom is 0.166 e. The number of hydrogen-bond donors (Lipinski definition) is 2. The molecule has 4 heteroatoms. The molecule has 1 aliphatic heterocycles. The summed E-state index contributed by atoms with van der Waals surface area (Å²) in [5, 5.41) is 7.09. The molecular formula is C14H21N3S. The number of hydrogen-bond acceptors (Lipinski definition) is 2. The van der Waals surface area contributed by atoms with Gasteiger partial charge in [-0.25, -0.2) is 0 Å². The lowest BCUT2D eigenvalue weighted by Crippen LogP contribution is -2.49. The first-order valence-electron chi connectivity index (χ1n) is 6.52. The summed E-state index contributed by atoms with van der Waals surface area (Å²) >= 11 is 5.16. The molecule has 3 nitrogen and oxygen atoms in total. The second-order valence-electron chi connectivity index (χ2n) is 4.78. The third-order valence-electron chi connectivity index (χ3n) is 3.32. The van der Waals surface area contributed by atoms with E-state index >= 15 is 0 Å². The fourth-order valence-electron chi connectivity index (χ4n) is 2.42. The molecule has 2 rings (SSSR count). The summed E-state index contributed by atoms with van der Waals surface area (Å²) in [5.74, 6) is 0. The number of piperidine rings is 1. The molecule has 1 atom stereocenters. The predicted octanol–water partition coefficient (Wildman–Crippen LogP) is 1.74. The molecule has 98 valence electrons. The highest BCUT2D eigenvalue weighted by Crippen LogP contribution is 2.13. The molecule has 0 amide bonds. The van der Waals surface area contributed by atoms with Gasteiger partial charge in [0.1, 0.15) is 0 Å². The fraction of sp³-hybridized carbons (Fsp3) is 0.500. The molecule has 0 aliphatic carbocycles. The van der Waals surface area contributed by atoms with Crippen LogP contribution in [-0.4, -0.2) is 36.2 Å². The van der Waals surface area contributed by atoms with E-state index in [1.807, 2.05) is 7.05 Å². The van der Waals surface area contributed by atoms with Crippen molar-refractivity contribution < 1.29 is 0 Å². The minimum atomic E-state index is 0.474. The van der Waals surface area contributed by atoms with Crippen LogP contribution in [-0.2, 0) is 6.54 Å². The Hall–Kier alpha value is -1.13. The van der Waals surface area contributed by atoms with Gasteiger partial charge in [0.15, 0.2) is 5.11 Å². The molecule has 1 aromatic rings. The van der Waals surface area contributed by atoms with E-state index < -0.39 is 0 Å². The average molecular weight is 263 g/mol. The Morgan fingerprint density at radius 1 is 1.39 bits per heavy atom. The number of rotatable bonds is 3. The van der Waals surface area contributed by atoms with Crippen LogP contribution in [0.25, 0.3) is 0 Å². The Morgan fingerprint density at radius 2 is 2.17 bits per heavy atom. The first-order chi connectivity index (χ1) is 8.78. The van der Waals surface area contributed by atoms with Crippen LogP contribution in [0.3, 0.4) is 0 Å². The maximum atomic E-state index is 5.16. The summed E-state index contributed by atoms with van der Waals surface area (Å²) in [7, 11) is 1.86. The molecule has 0 bridgehead atoms. The average Bonchev–Trinajstić information content (AvgIpc) is 2.40. The minimum Gasteiger partial charge on any atom is -0.366 e. The van der Waals surface area contributed by atoms with E-state index in [0.717, 1.165) is 18.2 Å². The topological polar surface area (TPSA) is 27.3 Å². The van der Waals surface area contributed by atoms with E-state index in [9.17, 15) is 0 Å². The highest BCUT2D eigenvalue weighted by atomic mass is 32.1. The Morgan fingerprint density at radius 3 is 2.89 bits per heavy atom. The summed E-state index contributed by atoms with van der Waals surface area (Å²) in [5.41, 5.74) is 1.38. The Kier molecular flexibility index (Phi) is 4.96. The third kappa shape index (κ3) is 3.96. The van der Waals surface area contributed by atoms with E-state index in [2.05, 4.69) is 45.9 Å². The normalized spacial score (nSPS) is 20.4. The summed E-state index contributed by atoms with van der Waals surface area (Å²) in [6.45, 7) is 3.28. The van der Waals surface area contributed by atoms with Crippen LogP contribution in [0.1, 0.15) is 18.4 Å². The van der Waals surface area contributed by atoms with Gasteiger partial charge in [-0.3, -0.25) is 4.90 Å². The quantitative estimate of drug-likeness (QED) is 0.813. The van der Waals surface area contributed by atoms with E-state index in [0.29, 0.717) is 6.04 Å². The number of likely N-dealkylation sites (tertiary alicyclic amines) is 1. The molecule has 18 heavy (non-hydrogen) atoms. The van der Waals surface area contributed by atoms with Gasteiger partial charge in [0.2, 0.25) is 0 Å². The van der Waals surface area contributed by atoms with Gasteiger partial charge >= 0.3 is 0 Å². The minimum absolute atomic E-state index is 0.474. The fourth-order valence-corrected chi connectivity index (χ4v) is 2.58. The van der Waals surface area contributed by atoms with Gasteiger partial charge in [-0.1, -0.05) is 30.3 Å². The smallest absolute Gasteiger partial charge is 0.166 e. The third-order valence-corrected chi connectivity index (χ3v) is 3.64. The molecule has 1 heterocycles. The molecule has 1 fully saturated rings. The largest absolute Gasteiger partial charge is 0.366 e. The molecular weight excluding hydrogens is 242 g/mol. The SMILES string of the molecule is CNC(=S)NC1CCCN(Cc2ccccc2)C1. The zero-order chi connectivity index (χ0) is 12.8. The Bertz CT molecular complexity index is 380. The van der Waals surface area contributed by atoms with Crippen LogP contribution in [0.5, 0.6) is 0 Å². The summed E-state index contributed by atoms with van der Waals surface area (Å²) in [6.07, 6.45) is 2.43. The molecule has 0 spiro atoms. The number of nitrogens with one attached hydrogen (secondary N) is 2. The second-order valence-corrected chi connectivity index (χ2v) is 5.19. The lowest BCUT2D eigenvalue weighted by Gasteiger charge is -2.33. The zero-order valence-corrected chi connectivity index (χ0v) is 11.7. The van der Waals surface area contributed by atoms with Crippen molar-refractivity contribution >= 4 is 17.3 Å². The van der Waals surface area contributed by atoms with Crippen molar-refractivity contribution in [1.29, 1.82) is 0 Å². The first-order valence-corrected chi connectivity index (χ1v) is 6.93. The Labute approximate surface area is 115 Å². The summed E-state index contributed by atoms with van der Waals surface area (Å²) in [6, 6.07) is 11.1. The summed E-state index contributed by atoms with van der Waals surface area (Å²) in [4.78, 5) is 2.49. The highest BCUT2D eigenvalue weighted by molar-refractivity contribution is 7.80. The maximum absolute atomic E-state index is 5.16. The molecule has 1 unspecified atom stereocenters. The number of thiocarbonyl (C=S) groups is 1. The van der Waals surface area contributed by atoms with Crippen LogP contribution >= 0.6 is 12.2 Å². The van der Waals surface area contributed by atoms with Gasteiger partial charge in [-0.2, -0.15) is 0 Å². The summed E-state index contributed by atoms with van der Waals surface area (Å²) < 4.78 is 0. The van der Waals surface area contributed by atoms with Gasteiger partial charge in [0, 0.05) is 26.2 Å². The Balaban J connectivity index is 1.85. The van der Waals surface area contributed by atoms with E-state index in [4.69, 9.17) is 12.2 Å². The molecule has 0 saturated carbocycles. The lowest BCUT2D eigenvalue weighted by molar-refractivity contribution is 0.193. The van der Waals surface area contributed by atoms with Crippen LogP contribution in [0.15, 0.2) is 30.3 Å². The van der Waals surface area contributed by atoms with Crippen LogP contribution in [0, 0.1) is 0 Å². The van der Waals surface area contributed by atoms with E-state index in [1.54, 1.807) is 0 Å². The predicted molar refractivity (Wildman–Crippen MR) is 79.5 cm³/mol. The van der Waals surface area contributed by atoms with E-state index in [-0.39, 0.29) is 0 Å². The molecule has 0 aromatic heterocycles. The van der Waals surface area contributed by atoms with Crippen LogP contribution in [0.4, 0.5) is 0 Å². The van der Waals surface area contributed by atoms with Crippen LogP contribution in [0.2, 0.25) is 0 Å². The second kappa shape index (κ2) is 6.71. The number of benzene rings is 1. The van der Waals surface area contributed by atoms with Crippen molar-refractivity contribution in [3.63, 3.8) is 0 Å². The lowest BCUT2D eigenvalue weighted by atomic mass is 10.0. The molecule has 0 radical (unpaired) electrons. The monoisotopic (exact) mass is 263 g/mol. The number of nitrogens with zero attached hydrogens (tertiary/aromatic N) is 1. The molecule has 1 aromatic carbocycles. The molecule has 1 saturated heterocycles. The van der Waals surface area contributed by atoms with Crippen molar-refractivity contribution in [3.8, 4) is 0 Å². The van der Waals surface area contributed by atoms with Crippen LogP contribution < -0.4 is 10.6 Å². The van der Waals surface area contributed by atoms with Gasteiger partial charge in [-0.15, -0.1) is 0 Å². The van der Waals surface area contributed by atoms with Gasteiger partial charge in [0.05, 0.1) is 0 Å². The van der Waals surface area contributed by atoms with Gasteiger partial charge < -0.3 is 10.6 Å². The first kappa shape index (κ1) is 13.3. The standard InChI is InChI=1S/C14H21N3S/c1-15-14(18)16-13-8-5-9-17(11-13)10-12-6-3-2-4-7-12/h2-4,6-7,13H,5,8-11H2,1H3,(H2,15,16,18). The van der Waals surface area contributed by atoms with E-state index in [1.165, 1.54) is 24.9 Å². The van der Waals surface area contributed by atoms with Gasteiger partial charge in [-0.05, 0) is 37.2 Å². The highest BCUT2D eigenvalue weighted by Gasteiger charge is 2.19. The molecule has 1 aliphatic rings. The zero-order valence-electron chi connectivity index (χ0n) is 10.9. The van der Waals surface area contributed by atoms with Gasteiger partial charge in [0.25, 0.3) is 0 Å². The van der Waals surface area contributed by atoms with Crippen molar-refractivity contribution in [2.75, 3.05) is 20.1 Å². The van der Waals surface area contributed by atoms with Crippen molar-refractivity contribution in [2.24, 2.45) is 0 Å². The van der Waals surface area contributed by atoms with Crippen molar-refractivity contribution in [3.05, 3.63) is 35.9 Å². The van der Waals surface area contributed by atoms with Crippen molar-refractivity contribution in [2.45, 2.75) is 25.4 Å². The molecule has 2 N–H and O–H groups in total.